The maximum Gasteiger partial charge on any atom is 0.204 e. The van der Waals surface area contributed by atoms with E-state index in [2.05, 4.69) is 11.4 Å². The number of fused-ring (bicyclic) bond motifs is 2. The molecule has 0 unspecified atom stereocenters. The van der Waals surface area contributed by atoms with Gasteiger partial charge in [-0.05, 0) is 40.8 Å². The Bertz CT molecular complexity index is 449. The van der Waals surface area contributed by atoms with E-state index in [1.54, 1.807) is 22.7 Å². The van der Waals surface area contributed by atoms with Crippen molar-refractivity contribution >= 4 is 28.5 Å². The van der Waals surface area contributed by atoms with Gasteiger partial charge in [0.15, 0.2) is 0 Å². The molecule has 0 N–H and O–H groups in total. The number of ketones is 1. The summed E-state index contributed by atoms with van der Waals surface area (Å²) < 4.78 is 0. The molecule has 3 heteroatoms. The Morgan fingerprint density at radius 2 is 2.00 bits per heavy atom. The lowest BCUT2D eigenvalue weighted by Gasteiger charge is -1.94. The van der Waals surface area contributed by atoms with Crippen LogP contribution >= 0.6 is 22.7 Å². The molecule has 0 atom stereocenters. The molecule has 2 aromatic heterocycles. The third-order valence-corrected chi connectivity index (χ3v) is 4.35. The monoisotopic (exact) mass is 220 g/mol. The lowest BCUT2D eigenvalue weighted by molar-refractivity contribution is 0.104. The molecule has 0 aromatic carbocycles. The van der Waals surface area contributed by atoms with Gasteiger partial charge >= 0.3 is 0 Å². The van der Waals surface area contributed by atoms with E-state index in [1.165, 1.54) is 11.1 Å². The second-order valence-electron chi connectivity index (χ2n) is 3.41. The van der Waals surface area contributed by atoms with E-state index in [0.717, 1.165) is 23.3 Å². The lowest BCUT2D eigenvalue weighted by atomic mass is 10.1. The largest absolute Gasteiger partial charge is 0.288 e. The first-order valence-corrected chi connectivity index (χ1v) is 6.34. The van der Waals surface area contributed by atoms with Gasteiger partial charge in [0.25, 0.3) is 0 Å². The van der Waals surface area contributed by atoms with Crippen molar-refractivity contribution in [2.75, 3.05) is 0 Å². The Hall–Kier alpha value is -0.930. The van der Waals surface area contributed by atoms with Crippen molar-refractivity contribution < 1.29 is 4.79 Å². The quantitative estimate of drug-likeness (QED) is 0.666. The van der Waals surface area contributed by atoms with Crippen LogP contribution in [0.25, 0.3) is 0 Å². The first-order valence-electron chi connectivity index (χ1n) is 4.52. The van der Waals surface area contributed by atoms with Crippen LogP contribution < -0.4 is 0 Å². The average Bonchev–Trinajstić information content (AvgIpc) is 2.81. The lowest BCUT2D eigenvalue weighted by Crippen LogP contribution is -1.98. The van der Waals surface area contributed by atoms with Gasteiger partial charge in [-0.3, -0.25) is 4.79 Å². The zero-order valence-corrected chi connectivity index (χ0v) is 9.08. The topological polar surface area (TPSA) is 17.1 Å². The highest BCUT2D eigenvalue weighted by atomic mass is 32.1. The molecule has 1 nitrogen and oxygen atoms in total. The van der Waals surface area contributed by atoms with Crippen molar-refractivity contribution in [3.63, 3.8) is 0 Å². The molecule has 2 aromatic rings. The standard InChI is InChI=1S/C11H8OS2/c12-10-9-6-13-5-8(9)2-1-7-3-4-14-11(7)10/h3-6H,1-2H2. The maximum atomic E-state index is 12.1. The van der Waals surface area contributed by atoms with E-state index in [-0.39, 0.29) is 5.78 Å². The minimum Gasteiger partial charge on any atom is -0.288 e. The van der Waals surface area contributed by atoms with Crippen LogP contribution in [0.4, 0.5) is 0 Å². The van der Waals surface area contributed by atoms with E-state index >= 15 is 0 Å². The summed E-state index contributed by atoms with van der Waals surface area (Å²) in [6.07, 6.45) is 2.02. The van der Waals surface area contributed by atoms with Gasteiger partial charge in [-0.1, -0.05) is 0 Å². The fraction of sp³-hybridized carbons (Fsp3) is 0.182. The van der Waals surface area contributed by atoms with Crippen LogP contribution in [-0.4, -0.2) is 5.78 Å². The minimum absolute atomic E-state index is 0.226. The van der Waals surface area contributed by atoms with Gasteiger partial charge in [0.05, 0.1) is 4.88 Å². The smallest absolute Gasteiger partial charge is 0.204 e. The van der Waals surface area contributed by atoms with E-state index in [1.807, 2.05) is 10.8 Å². The molecule has 0 spiro atoms. The number of carbonyl (C=O) groups excluding carboxylic acids is 1. The maximum absolute atomic E-state index is 12.1. The molecular formula is C11H8OS2. The Morgan fingerprint density at radius 1 is 1.14 bits per heavy atom. The van der Waals surface area contributed by atoms with Gasteiger partial charge in [-0.2, -0.15) is 11.3 Å². The summed E-state index contributed by atoms with van der Waals surface area (Å²) >= 11 is 3.20. The summed E-state index contributed by atoms with van der Waals surface area (Å²) in [6.45, 7) is 0. The summed E-state index contributed by atoms with van der Waals surface area (Å²) in [5.74, 6) is 0.226. The molecule has 0 saturated carbocycles. The van der Waals surface area contributed by atoms with Crippen LogP contribution in [0.3, 0.4) is 0 Å². The first kappa shape index (κ1) is 8.38. The van der Waals surface area contributed by atoms with Gasteiger partial charge in [-0.25, -0.2) is 0 Å². The minimum atomic E-state index is 0.226. The fourth-order valence-electron chi connectivity index (χ4n) is 1.84. The molecule has 14 heavy (non-hydrogen) atoms. The summed E-state index contributed by atoms with van der Waals surface area (Å²) in [6, 6.07) is 2.08. The molecule has 0 fully saturated rings. The van der Waals surface area contributed by atoms with E-state index < -0.39 is 0 Å². The molecule has 3 rings (SSSR count). The number of hydrogen-bond donors (Lipinski definition) is 0. The van der Waals surface area contributed by atoms with Gasteiger partial charge in [0, 0.05) is 10.9 Å². The molecule has 0 radical (unpaired) electrons. The third-order valence-electron chi connectivity index (χ3n) is 2.60. The molecule has 70 valence electrons. The highest BCUT2D eigenvalue weighted by Gasteiger charge is 2.22. The predicted octanol–water partition coefficient (Wildman–Crippen LogP) is 3.14. The van der Waals surface area contributed by atoms with Crippen molar-refractivity contribution in [3.8, 4) is 0 Å². The van der Waals surface area contributed by atoms with E-state index in [4.69, 9.17) is 0 Å². The van der Waals surface area contributed by atoms with Crippen LogP contribution in [0.15, 0.2) is 22.2 Å². The zero-order valence-electron chi connectivity index (χ0n) is 7.45. The van der Waals surface area contributed by atoms with Gasteiger partial charge in [0.1, 0.15) is 0 Å². The van der Waals surface area contributed by atoms with Gasteiger partial charge in [0.2, 0.25) is 5.78 Å². The molecule has 0 amide bonds. The first-order chi connectivity index (χ1) is 6.86. The molecule has 0 saturated heterocycles. The Labute approximate surface area is 90.0 Å². The summed E-state index contributed by atoms with van der Waals surface area (Å²) in [4.78, 5) is 13.0. The molecule has 2 heterocycles. The van der Waals surface area contributed by atoms with Crippen LogP contribution in [0.5, 0.6) is 0 Å². The Kier molecular flexibility index (Phi) is 1.82. The molecule has 1 aliphatic carbocycles. The Morgan fingerprint density at radius 3 is 2.93 bits per heavy atom. The number of rotatable bonds is 0. The molecule has 0 bridgehead atoms. The summed E-state index contributed by atoms with van der Waals surface area (Å²) in [5.41, 5.74) is 3.38. The van der Waals surface area contributed by atoms with Crippen LogP contribution in [0, 0.1) is 0 Å². The predicted molar refractivity (Wildman–Crippen MR) is 59.5 cm³/mol. The number of aryl methyl sites for hydroxylation is 2. The highest BCUT2D eigenvalue weighted by molar-refractivity contribution is 7.12. The van der Waals surface area contributed by atoms with Crippen molar-refractivity contribution in [3.05, 3.63) is 43.8 Å². The highest BCUT2D eigenvalue weighted by Crippen LogP contribution is 2.29. The zero-order chi connectivity index (χ0) is 9.54. The second kappa shape index (κ2) is 3.04. The van der Waals surface area contributed by atoms with Crippen LogP contribution in [0.2, 0.25) is 0 Å². The molecule has 0 aliphatic heterocycles. The number of hydrogen-bond acceptors (Lipinski definition) is 3. The summed E-state index contributed by atoms with van der Waals surface area (Å²) in [7, 11) is 0. The van der Waals surface area contributed by atoms with E-state index in [0.29, 0.717) is 0 Å². The van der Waals surface area contributed by atoms with Crippen molar-refractivity contribution in [2.24, 2.45) is 0 Å². The Balaban J connectivity index is 2.22. The van der Waals surface area contributed by atoms with Gasteiger partial charge < -0.3 is 0 Å². The summed E-state index contributed by atoms with van der Waals surface area (Å²) in [5, 5.41) is 6.09. The normalized spacial score (nSPS) is 14.7. The van der Waals surface area contributed by atoms with E-state index in [9.17, 15) is 4.79 Å². The fourth-order valence-corrected chi connectivity index (χ4v) is 3.62. The van der Waals surface area contributed by atoms with Crippen LogP contribution in [-0.2, 0) is 12.8 Å². The van der Waals surface area contributed by atoms with Crippen LogP contribution in [0.1, 0.15) is 26.4 Å². The number of carbonyl (C=O) groups is 1. The number of thiophene rings is 2. The van der Waals surface area contributed by atoms with Crippen molar-refractivity contribution in [1.82, 2.24) is 0 Å². The second-order valence-corrected chi connectivity index (χ2v) is 5.07. The SMILES string of the molecule is O=C1c2cscc2CCc2ccsc21. The van der Waals surface area contributed by atoms with Crippen molar-refractivity contribution in [1.29, 1.82) is 0 Å². The third kappa shape index (κ3) is 1.09. The molecule has 1 aliphatic rings. The molecular weight excluding hydrogens is 212 g/mol. The average molecular weight is 220 g/mol. The van der Waals surface area contributed by atoms with Crippen molar-refractivity contribution in [2.45, 2.75) is 12.8 Å². The van der Waals surface area contributed by atoms with Gasteiger partial charge in [-0.15, -0.1) is 11.3 Å².